The molecule has 0 fully saturated rings. The van der Waals surface area contributed by atoms with E-state index in [0.717, 1.165) is 53.4 Å². The van der Waals surface area contributed by atoms with E-state index in [0.29, 0.717) is 5.46 Å². The molecule has 0 unspecified atom stereocenters. The van der Waals surface area contributed by atoms with E-state index >= 15 is 0 Å². The Bertz CT molecular complexity index is 1020. The van der Waals surface area contributed by atoms with Crippen molar-refractivity contribution in [3.8, 4) is 22.9 Å². The van der Waals surface area contributed by atoms with Crippen molar-refractivity contribution >= 4 is 28.5 Å². The Morgan fingerprint density at radius 2 is 1.05 bits per heavy atom. The normalized spacial score (nSPS) is 10.5. The maximum absolute atomic E-state index is 8.95. The fourth-order valence-corrected chi connectivity index (χ4v) is 4.25. The molecular formula is C32H46BBrN2O4. The van der Waals surface area contributed by atoms with Crippen LogP contribution in [0.5, 0.6) is 11.5 Å². The van der Waals surface area contributed by atoms with Crippen LogP contribution in [0.15, 0.2) is 65.4 Å². The number of nitrogens with zero attached hydrogens (tertiary/aromatic N) is 2. The highest BCUT2D eigenvalue weighted by Gasteiger charge is 2.09. The first-order valence-corrected chi connectivity index (χ1v) is 15.6. The Morgan fingerprint density at radius 1 is 0.625 bits per heavy atom. The highest BCUT2D eigenvalue weighted by Crippen LogP contribution is 2.20. The molecule has 0 aliphatic carbocycles. The van der Waals surface area contributed by atoms with Crippen LogP contribution in [0.25, 0.3) is 11.4 Å². The summed E-state index contributed by atoms with van der Waals surface area (Å²) in [6.07, 6.45) is 18.7. The summed E-state index contributed by atoms with van der Waals surface area (Å²) in [5.74, 6) is 2.42. The maximum atomic E-state index is 8.95. The first-order chi connectivity index (χ1) is 19.5. The molecule has 40 heavy (non-hydrogen) atoms. The highest BCUT2D eigenvalue weighted by molar-refractivity contribution is 9.10. The quantitative estimate of drug-likeness (QED) is 0.113. The first kappa shape index (κ1) is 33.8. The average Bonchev–Trinajstić information content (AvgIpc) is 2.97. The van der Waals surface area contributed by atoms with Gasteiger partial charge in [0.05, 0.1) is 17.7 Å². The largest absolute Gasteiger partial charge is 0.494 e. The Morgan fingerprint density at radius 3 is 1.50 bits per heavy atom. The van der Waals surface area contributed by atoms with Crippen LogP contribution in [0.4, 0.5) is 0 Å². The fourth-order valence-electron chi connectivity index (χ4n) is 4.04. The molecule has 1 heterocycles. The highest BCUT2D eigenvalue weighted by atomic mass is 79.9. The summed E-state index contributed by atoms with van der Waals surface area (Å²) in [4.78, 5) is 8.58. The van der Waals surface area contributed by atoms with Gasteiger partial charge in [-0.3, -0.25) is 0 Å². The molecule has 0 amide bonds. The van der Waals surface area contributed by atoms with Crippen LogP contribution in [0.1, 0.15) is 90.9 Å². The second kappa shape index (κ2) is 21.3. The summed E-state index contributed by atoms with van der Waals surface area (Å²) in [7, 11) is -1.40. The van der Waals surface area contributed by atoms with E-state index < -0.39 is 7.12 Å². The van der Waals surface area contributed by atoms with Crippen LogP contribution < -0.4 is 14.9 Å². The van der Waals surface area contributed by atoms with Gasteiger partial charge in [-0.05, 0) is 70.6 Å². The summed E-state index contributed by atoms with van der Waals surface area (Å²) < 4.78 is 12.2. The SMILES string of the molecule is CCCCCCCCOc1ccc(-c2ncc(Br)cn2)cc1.CCCCCCCCOc1ccc(B(O)O)cc1. The third-order valence-electron chi connectivity index (χ3n) is 6.44. The predicted octanol–water partition coefficient (Wildman–Crippen LogP) is 7.75. The molecule has 0 radical (unpaired) electrons. The van der Waals surface area contributed by atoms with Crippen molar-refractivity contribution in [1.82, 2.24) is 9.97 Å². The van der Waals surface area contributed by atoms with Crippen molar-refractivity contribution in [2.45, 2.75) is 90.9 Å². The fraction of sp³-hybridized carbons (Fsp3) is 0.500. The zero-order valence-corrected chi connectivity index (χ0v) is 25.8. The van der Waals surface area contributed by atoms with Gasteiger partial charge in [0.15, 0.2) is 5.82 Å². The number of unbranched alkanes of at least 4 members (excludes halogenated alkanes) is 10. The Hall–Kier alpha value is -2.42. The molecule has 0 saturated heterocycles. The zero-order valence-electron chi connectivity index (χ0n) is 24.2. The van der Waals surface area contributed by atoms with Gasteiger partial charge in [0.2, 0.25) is 0 Å². The average molecular weight is 613 g/mol. The monoisotopic (exact) mass is 612 g/mol. The molecule has 6 nitrogen and oxygen atoms in total. The van der Waals surface area contributed by atoms with Crippen molar-refractivity contribution in [3.05, 3.63) is 65.4 Å². The van der Waals surface area contributed by atoms with Crippen LogP contribution in [0.3, 0.4) is 0 Å². The Balaban J connectivity index is 0.000000286. The van der Waals surface area contributed by atoms with Gasteiger partial charge >= 0.3 is 7.12 Å². The second-order valence-corrected chi connectivity index (χ2v) is 10.8. The molecule has 0 aliphatic rings. The van der Waals surface area contributed by atoms with Gasteiger partial charge in [0.25, 0.3) is 0 Å². The van der Waals surface area contributed by atoms with Crippen molar-refractivity contribution in [2.75, 3.05) is 13.2 Å². The van der Waals surface area contributed by atoms with Crippen molar-refractivity contribution in [2.24, 2.45) is 0 Å². The minimum atomic E-state index is -1.40. The van der Waals surface area contributed by atoms with Gasteiger partial charge in [-0.1, -0.05) is 90.2 Å². The van der Waals surface area contributed by atoms with Gasteiger partial charge in [-0.2, -0.15) is 0 Å². The molecule has 2 aromatic carbocycles. The van der Waals surface area contributed by atoms with Gasteiger partial charge in [0.1, 0.15) is 11.5 Å². The number of hydrogen-bond acceptors (Lipinski definition) is 6. The molecule has 3 rings (SSSR count). The molecule has 0 atom stereocenters. The Kier molecular flexibility index (Phi) is 18.0. The maximum Gasteiger partial charge on any atom is 0.488 e. The van der Waals surface area contributed by atoms with Crippen LogP contribution in [-0.2, 0) is 0 Å². The van der Waals surface area contributed by atoms with Crippen LogP contribution in [0, 0.1) is 0 Å². The predicted molar refractivity (Wildman–Crippen MR) is 169 cm³/mol. The number of benzene rings is 2. The molecule has 0 bridgehead atoms. The lowest BCUT2D eigenvalue weighted by molar-refractivity contribution is 0.304. The Labute approximate surface area is 249 Å². The van der Waals surface area contributed by atoms with Gasteiger partial charge in [-0.15, -0.1) is 0 Å². The lowest BCUT2D eigenvalue weighted by Crippen LogP contribution is -2.29. The molecule has 0 saturated carbocycles. The van der Waals surface area contributed by atoms with E-state index in [1.807, 2.05) is 24.3 Å². The van der Waals surface area contributed by atoms with Crippen LogP contribution in [0.2, 0.25) is 0 Å². The number of aromatic nitrogens is 2. The van der Waals surface area contributed by atoms with Crippen LogP contribution in [-0.4, -0.2) is 40.3 Å². The summed E-state index contributed by atoms with van der Waals surface area (Å²) in [5, 5.41) is 17.9. The molecule has 2 N–H and O–H groups in total. The number of hydrogen-bond donors (Lipinski definition) is 2. The molecule has 0 aliphatic heterocycles. The summed E-state index contributed by atoms with van der Waals surface area (Å²) in [5.41, 5.74) is 1.49. The zero-order chi connectivity index (χ0) is 28.8. The van der Waals surface area contributed by atoms with Gasteiger partial charge in [-0.25, -0.2) is 9.97 Å². The summed E-state index contributed by atoms with van der Waals surface area (Å²) >= 11 is 3.34. The lowest BCUT2D eigenvalue weighted by Gasteiger charge is -2.07. The number of rotatable bonds is 18. The summed E-state index contributed by atoms with van der Waals surface area (Å²) in [6, 6.07) is 14.8. The minimum absolute atomic E-state index is 0.488. The van der Waals surface area contributed by atoms with Gasteiger partial charge in [0, 0.05) is 18.0 Å². The molecular weight excluding hydrogens is 567 g/mol. The van der Waals surface area contributed by atoms with Crippen molar-refractivity contribution in [1.29, 1.82) is 0 Å². The molecule has 218 valence electrons. The molecule has 3 aromatic rings. The second-order valence-electron chi connectivity index (χ2n) is 9.92. The topological polar surface area (TPSA) is 84.7 Å². The molecule has 8 heteroatoms. The van der Waals surface area contributed by atoms with E-state index in [4.69, 9.17) is 19.5 Å². The van der Waals surface area contributed by atoms with Crippen molar-refractivity contribution in [3.63, 3.8) is 0 Å². The van der Waals surface area contributed by atoms with E-state index in [9.17, 15) is 0 Å². The number of ether oxygens (including phenoxy) is 2. The smallest absolute Gasteiger partial charge is 0.488 e. The summed E-state index contributed by atoms with van der Waals surface area (Å²) in [6.45, 7) is 5.98. The minimum Gasteiger partial charge on any atom is -0.494 e. The first-order valence-electron chi connectivity index (χ1n) is 14.8. The van der Waals surface area contributed by atoms with Crippen LogP contribution >= 0.6 is 15.9 Å². The van der Waals surface area contributed by atoms with E-state index in [2.05, 4.69) is 39.7 Å². The van der Waals surface area contributed by atoms with Gasteiger partial charge < -0.3 is 19.5 Å². The number of halogens is 1. The third-order valence-corrected chi connectivity index (χ3v) is 6.85. The van der Waals surface area contributed by atoms with E-state index in [1.54, 1.807) is 36.7 Å². The molecule has 0 spiro atoms. The molecule has 1 aromatic heterocycles. The standard InChI is InChI=1S/C18H23BrN2O.C14H23BO3/c1-2-3-4-5-6-7-12-22-17-10-8-15(9-11-17)18-20-13-16(19)14-21-18;1-2-3-4-5-6-7-12-18-14-10-8-13(9-11-14)15(16)17/h8-11,13-14H,2-7,12H2,1H3;8-11,16-17H,2-7,12H2,1H3. The van der Waals surface area contributed by atoms with Crippen molar-refractivity contribution < 1.29 is 19.5 Å². The van der Waals surface area contributed by atoms with E-state index in [1.165, 1.54) is 64.2 Å². The van der Waals surface area contributed by atoms with E-state index in [-0.39, 0.29) is 0 Å². The lowest BCUT2D eigenvalue weighted by atomic mass is 9.80. The third kappa shape index (κ3) is 14.8.